The van der Waals surface area contributed by atoms with Gasteiger partial charge in [-0.1, -0.05) is 36.0 Å². The van der Waals surface area contributed by atoms with E-state index in [0.717, 1.165) is 5.56 Å². The van der Waals surface area contributed by atoms with E-state index in [0.29, 0.717) is 5.56 Å². The zero-order chi connectivity index (χ0) is 15.6. The molecular formula is C19H13FO2. The van der Waals surface area contributed by atoms with Crippen LogP contribution in [-0.2, 0) is 9.53 Å². The van der Waals surface area contributed by atoms with Gasteiger partial charge in [-0.15, -0.1) is 0 Å². The molecule has 22 heavy (non-hydrogen) atoms. The van der Waals surface area contributed by atoms with Gasteiger partial charge in [0.1, 0.15) is 19.0 Å². The topological polar surface area (TPSA) is 26.3 Å². The number of carbonyl (C=O) groups is 1. The van der Waals surface area contributed by atoms with E-state index >= 15 is 0 Å². The Morgan fingerprint density at radius 2 is 1.64 bits per heavy atom. The minimum absolute atomic E-state index is 0.0993. The molecule has 2 nitrogen and oxygen atoms in total. The standard InChI is InChI=1S/C19H13FO2/c20-18-11-8-17(9-12-18)7-4-14-22-15-19(21)13-10-16-5-2-1-3-6-16/h1-3,5-6,8-9,11-12H,14-15H2. The lowest BCUT2D eigenvalue weighted by Crippen LogP contribution is -2.06. The summed E-state index contributed by atoms with van der Waals surface area (Å²) in [5.74, 6) is 10.2. The van der Waals surface area contributed by atoms with Crippen LogP contribution in [0.15, 0.2) is 54.6 Å². The Bertz CT molecular complexity index is 741. The van der Waals surface area contributed by atoms with Crippen LogP contribution in [0.1, 0.15) is 11.1 Å². The Hall–Kier alpha value is -2.88. The molecule has 0 bridgehead atoms. The second-order valence-electron chi connectivity index (χ2n) is 4.34. The fraction of sp³-hybridized carbons (Fsp3) is 0.105. The number of ketones is 1. The Morgan fingerprint density at radius 3 is 2.36 bits per heavy atom. The van der Waals surface area contributed by atoms with Crippen molar-refractivity contribution in [2.45, 2.75) is 0 Å². The molecule has 0 radical (unpaired) electrons. The highest BCUT2D eigenvalue weighted by atomic mass is 19.1. The van der Waals surface area contributed by atoms with Crippen molar-refractivity contribution >= 4 is 5.78 Å². The minimum Gasteiger partial charge on any atom is -0.360 e. The SMILES string of the molecule is O=C(C#Cc1ccccc1)COCC#Cc1ccc(F)cc1. The van der Waals surface area contributed by atoms with Gasteiger partial charge in [0.25, 0.3) is 0 Å². The van der Waals surface area contributed by atoms with Crippen LogP contribution in [0.4, 0.5) is 4.39 Å². The van der Waals surface area contributed by atoms with Gasteiger partial charge in [0, 0.05) is 11.1 Å². The van der Waals surface area contributed by atoms with E-state index in [4.69, 9.17) is 4.74 Å². The van der Waals surface area contributed by atoms with Crippen molar-refractivity contribution in [2.75, 3.05) is 13.2 Å². The molecule has 0 heterocycles. The van der Waals surface area contributed by atoms with E-state index in [2.05, 4.69) is 23.7 Å². The smallest absolute Gasteiger partial charge is 0.231 e. The van der Waals surface area contributed by atoms with E-state index in [1.54, 1.807) is 12.1 Å². The highest BCUT2D eigenvalue weighted by Gasteiger charge is 1.95. The lowest BCUT2D eigenvalue weighted by Gasteiger charge is -1.93. The molecule has 0 N–H and O–H groups in total. The van der Waals surface area contributed by atoms with Gasteiger partial charge in [-0.25, -0.2) is 4.39 Å². The van der Waals surface area contributed by atoms with Gasteiger partial charge < -0.3 is 4.74 Å². The van der Waals surface area contributed by atoms with Gasteiger partial charge in [-0.05, 0) is 42.3 Å². The second kappa shape index (κ2) is 8.42. The summed E-state index contributed by atoms with van der Waals surface area (Å²) >= 11 is 0. The number of halogens is 1. The van der Waals surface area contributed by atoms with Gasteiger partial charge in [0.2, 0.25) is 5.78 Å². The molecule has 0 aromatic heterocycles. The van der Waals surface area contributed by atoms with E-state index in [1.807, 2.05) is 30.3 Å². The minimum atomic E-state index is -0.301. The van der Waals surface area contributed by atoms with E-state index in [1.165, 1.54) is 12.1 Å². The maximum Gasteiger partial charge on any atom is 0.231 e. The van der Waals surface area contributed by atoms with Crippen LogP contribution in [0.25, 0.3) is 0 Å². The fourth-order valence-electron chi connectivity index (χ4n) is 1.57. The fourth-order valence-corrected chi connectivity index (χ4v) is 1.57. The molecule has 0 amide bonds. The molecule has 0 fully saturated rings. The number of ether oxygens (including phenoxy) is 1. The van der Waals surface area contributed by atoms with Gasteiger partial charge in [-0.3, -0.25) is 4.79 Å². The zero-order valence-electron chi connectivity index (χ0n) is 11.8. The molecule has 0 aliphatic rings. The molecule has 0 aliphatic heterocycles. The molecule has 108 valence electrons. The maximum atomic E-state index is 12.7. The number of carbonyl (C=O) groups excluding carboxylic acids is 1. The summed E-state index contributed by atoms with van der Waals surface area (Å²) in [4.78, 5) is 11.5. The van der Waals surface area contributed by atoms with Crippen LogP contribution in [0.2, 0.25) is 0 Å². The lowest BCUT2D eigenvalue weighted by atomic mass is 10.2. The summed E-state index contributed by atoms with van der Waals surface area (Å²) in [6.45, 7) is 0.0219. The molecule has 0 unspecified atom stereocenters. The lowest BCUT2D eigenvalue weighted by molar-refractivity contribution is -0.117. The molecule has 0 atom stereocenters. The molecule has 2 aromatic rings. The largest absolute Gasteiger partial charge is 0.360 e. The van der Waals surface area contributed by atoms with Crippen LogP contribution < -0.4 is 0 Å². The first-order chi connectivity index (χ1) is 10.7. The highest BCUT2D eigenvalue weighted by Crippen LogP contribution is 2.00. The van der Waals surface area contributed by atoms with E-state index in [-0.39, 0.29) is 24.8 Å². The quantitative estimate of drug-likeness (QED) is 0.642. The number of benzene rings is 2. The van der Waals surface area contributed by atoms with Crippen LogP contribution in [0.5, 0.6) is 0 Å². The zero-order valence-corrected chi connectivity index (χ0v) is 11.8. The molecule has 3 heteroatoms. The van der Waals surface area contributed by atoms with Crippen LogP contribution in [0, 0.1) is 29.5 Å². The molecule has 0 aliphatic carbocycles. The average Bonchev–Trinajstić information content (AvgIpc) is 2.55. The number of rotatable bonds is 3. The first-order valence-electron chi connectivity index (χ1n) is 6.66. The second-order valence-corrected chi connectivity index (χ2v) is 4.34. The van der Waals surface area contributed by atoms with Crippen molar-refractivity contribution in [3.63, 3.8) is 0 Å². The van der Waals surface area contributed by atoms with Crippen LogP contribution in [0.3, 0.4) is 0 Å². The number of hydrogen-bond donors (Lipinski definition) is 0. The Labute approximate surface area is 128 Å². The third-order valence-corrected chi connectivity index (χ3v) is 2.60. The van der Waals surface area contributed by atoms with Crippen LogP contribution >= 0.6 is 0 Å². The predicted octanol–water partition coefficient (Wildman–Crippen LogP) is 2.81. The van der Waals surface area contributed by atoms with Gasteiger partial charge in [0.15, 0.2) is 0 Å². The Kier molecular flexibility index (Phi) is 5.93. The Morgan fingerprint density at radius 1 is 0.955 bits per heavy atom. The molecule has 0 saturated carbocycles. The van der Waals surface area contributed by atoms with E-state index < -0.39 is 0 Å². The third-order valence-electron chi connectivity index (χ3n) is 2.60. The van der Waals surface area contributed by atoms with Crippen molar-refractivity contribution < 1.29 is 13.9 Å². The summed E-state index contributed by atoms with van der Waals surface area (Å²) in [6, 6.07) is 15.1. The first kappa shape index (κ1) is 15.5. The normalized spacial score (nSPS) is 9.14. The molecule has 2 rings (SSSR count). The van der Waals surface area contributed by atoms with Crippen molar-refractivity contribution in [1.29, 1.82) is 0 Å². The molecular weight excluding hydrogens is 279 g/mol. The summed E-state index contributed by atoms with van der Waals surface area (Å²) in [7, 11) is 0. The predicted molar refractivity (Wildman–Crippen MR) is 82.4 cm³/mol. The highest BCUT2D eigenvalue weighted by molar-refractivity contribution is 5.97. The van der Waals surface area contributed by atoms with Gasteiger partial charge in [0.05, 0.1) is 0 Å². The summed E-state index contributed by atoms with van der Waals surface area (Å²) in [5, 5.41) is 0. The summed E-state index contributed by atoms with van der Waals surface area (Å²) in [6.07, 6.45) is 0. The molecule has 0 saturated heterocycles. The van der Waals surface area contributed by atoms with Gasteiger partial charge in [-0.2, -0.15) is 0 Å². The summed E-state index contributed by atoms with van der Waals surface area (Å²) < 4.78 is 17.8. The first-order valence-corrected chi connectivity index (χ1v) is 6.66. The number of Topliss-reactive ketones (excluding diaryl/α,β-unsaturated/α-hetero) is 1. The monoisotopic (exact) mass is 292 g/mol. The average molecular weight is 292 g/mol. The van der Waals surface area contributed by atoms with Crippen LogP contribution in [-0.4, -0.2) is 19.0 Å². The maximum absolute atomic E-state index is 12.7. The van der Waals surface area contributed by atoms with Crippen molar-refractivity contribution in [1.82, 2.24) is 0 Å². The third kappa shape index (κ3) is 5.63. The summed E-state index contributed by atoms with van der Waals surface area (Å²) in [5.41, 5.74) is 1.48. The molecule has 0 spiro atoms. The van der Waals surface area contributed by atoms with E-state index in [9.17, 15) is 9.18 Å². The molecule has 2 aromatic carbocycles. The Balaban J connectivity index is 1.74. The van der Waals surface area contributed by atoms with Crippen molar-refractivity contribution in [3.05, 3.63) is 71.5 Å². The van der Waals surface area contributed by atoms with Crippen molar-refractivity contribution in [2.24, 2.45) is 0 Å². The van der Waals surface area contributed by atoms with Gasteiger partial charge >= 0.3 is 0 Å². The van der Waals surface area contributed by atoms with Crippen molar-refractivity contribution in [3.8, 4) is 23.7 Å². The number of hydrogen-bond acceptors (Lipinski definition) is 2.